The molecule has 1 aliphatic heterocycles. The number of aryl methyl sites for hydroxylation is 1. The first-order chi connectivity index (χ1) is 10.6. The maximum atomic E-state index is 8.36. The molecule has 0 saturated heterocycles. The average Bonchev–Trinajstić information content (AvgIpc) is 3.04. The molecule has 3 nitrogen and oxygen atoms in total. The lowest BCUT2D eigenvalue weighted by Gasteiger charge is -2.16. The molecule has 1 atom stereocenters. The van der Waals surface area contributed by atoms with Crippen LogP contribution in [0.15, 0.2) is 30.3 Å². The first kappa shape index (κ1) is 13.3. The van der Waals surface area contributed by atoms with Gasteiger partial charge in [0.2, 0.25) is 11.8 Å². The van der Waals surface area contributed by atoms with Crippen molar-refractivity contribution in [2.45, 2.75) is 24.8 Å². The molecular weight excluding hydrogens is 270 g/mol. The molecule has 0 saturated carbocycles. The van der Waals surface area contributed by atoms with Gasteiger partial charge in [0.15, 0.2) is 0 Å². The zero-order valence-corrected chi connectivity index (χ0v) is 12.8. The van der Waals surface area contributed by atoms with Crippen molar-refractivity contribution in [3.63, 3.8) is 0 Å². The summed E-state index contributed by atoms with van der Waals surface area (Å²) >= 11 is 0. The molecule has 0 fully saturated rings. The Bertz CT molecular complexity index is 902. The van der Waals surface area contributed by atoms with Crippen LogP contribution in [-0.4, -0.2) is 34.1 Å². The largest absolute Gasteiger partial charge is 0.359 e. The first-order valence-electron chi connectivity index (χ1n) is 7.72. The van der Waals surface area contributed by atoms with Crippen LogP contribution in [0.3, 0.4) is 0 Å². The van der Waals surface area contributed by atoms with Crippen LogP contribution in [0.2, 0.25) is 0 Å². The van der Waals surface area contributed by atoms with Crippen molar-refractivity contribution >= 4 is 24.6 Å². The predicted octanol–water partition coefficient (Wildman–Crippen LogP) is 1.23. The highest BCUT2D eigenvalue weighted by molar-refractivity contribution is 6.19. The summed E-state index contributed by atoms with van der Waals surface area (Å²) in [7, 11) is 2.15. The number of likely N-dealkylation sites (N-methyl/N-ethyl adjacent to an activating group) is 1. The van der Waals surface area contributed by atoms with Gasteiger partial charge in [-0.1, -0.05) is 36.9 Å². The molecule has 1 spiro atoms. The molecule has 22 heavy (non-hydrogen) atoms. The van der Waals surface area contributed by atoms with Gasteiger partial charge >= 0.3 is 0 Å². The van der Waals surface area contributed by atoms with Gasteiger partial charge in [-0.3, -0.25) is 0 Å². The summed E-state index contributed by atoms with van der Waals surface area (Å²) in [6.07, 6.45) is 7.54. The van der Waals surface area contributed by atoms with Gasteiger partial charge in [0.05, 0.1) is 5.71 Å². The number of benzene rings is 1. The minimum Gasteiger partial charge on any atom is -0.359 e. The highest BCUT2D eigenvalue weighted by Gasteiger charge is 2.54. The highest BCUT2D eigenvalue weighted by atomic mass is 15.2. The fourth-order valence-corrected chi connectivity index (χ4v) is 3.58. The first-order valence-corrected chi connectivity index (χ1v) is 7.72. The molecule has 0 radical (unpaired) electrons. The van der Waals surface area contributed by atoms with Crippen LogP contribution < -0.4 is 10.6 Å². The standard InChI is InChI=1S/C19H20N3/c1-13-15(10-17(20)14-6-4-3-5-7-14)16-11-19(12-22(19)2)9-8-18(16)21-13/h3-7,10,12,20-21H,1,8-9,11H2,2H3/q+1/b15-10+,20-17?. The highest BCUT2D eigenvalue weighted by Crippen LogP contribution is 2.33. The number of aromatic nitrogens is 1. The van der Waals surface area contributed by atoms with E-state index >= 15 is 0 Å². The lowest BCUT2D eigenvalue weighted by atomic mass is 9.85. The molecule has 1 unspecified atom stereocenters. The van der Waals surface area contributed by atoms with Crippen LogP contribution >= 0.6 is 0 Å². The fourth-order valence-electron chi connectivity index (χ4n) is 3.58. The van der Waals surface area contributed by atoms with E-state index in [0.29, 0.717) is 5.71 Å². The zero-order valence-electron chi connectivity index (χ0n) is 12.8. The van der Waals surface area contributed by atoms with Gasteiger partial charge in [-0.05, 0) is 23.6 Å². The van der Waals surface area contributed by atoms with E-state index in [0.717, 1.165) is 29.0 Å². The number of aromatic amines is 1. The van der Waals surface area contributed by atoms with E-state index in [1.165, 1.54) is 17.7 Å². The normalized spacial score (nSPS) is 23.3. The molecule has 2 aliphatic rings. The number of hydrogen-bond donors (Lipinski definition) is 2. The second kappa shape index (κ2) is 4.54. The molecule has 3 heteroatoms. The minimum atomic E-state index is 0.249. The van der Waals surface area contributed by atoms with Crippen molar-refractivity contribution in [2.75, 3.05) is 7.05 Å². The van der Waals surface area contributed by atoms with E-state index in [-0.39, 0.29) is 5.54 Å². The SMILES string of the molecule is C=c1[nH]c2c(/c1=C/C(=N)c1ccccc1)CC1(C=[N+]1C)CC2. The van der Waals surface area contributed by atoms with Crippen LogP contribution in [0.4, 0.5) is 0 Å². The van der Waals surface area contributed by atoms with Crippen molar-refractivity contribution in [1.29, 1.82) is 5.41 Å². The molecule has 110 valence electrons. The summed E-state index contributed by atoms with van der Waals surface area (Å²) in [5.74, 6) is 0. The maximum absolute atomic E-state index is 8.36. The maximum Gasteiger partial charge on any atom is 0.241 e. The molecule has 1 aliphatic carbocycles. The van der Waals surface area contributed by atoms with Crippen LogP contribution in [0, 0.1) is 5.41 Å². The van der Waals surface area contributed by atoms with Gasteiger partial charge in [-0.15, -0.1) is 0 Å². The Labute approximate surface area is 129 Å². The van der Waals surface area contributed by atoms with Crippen LogP contribution in [-0.2, 0) is 12.8 Å². The number of rotatable bonds is 2. The van der Waals surface area contributed by atoms with Gasteiger partial charge in [-0.2, -0.15) is 0 Å². The topological polar surface area (TPSA) is 42.6 Å². The third-order valence-electron chi connectivity index (χ3n) is 5.05. The second-order valence-corrected chi connectivity index (χ2v) is 6.42. The molecule has 1 aromatic carbocycles. The number of nitrogens with zero attached hydrogens (tertiary/aromatic N) is 1. The Hall–Kier alpha value is -2.42. The lowest BCUT2D eigenvalue weighted by molar-refractivity contribution is -0.475. The Morgan fingerprint density at radius 2 is 2.09 bits per heavy atom. The third-order valence-corrected chi connectivity index (χ3v) is 5.05. The Kier molecular flexibility index (Phi) is 2.73. The summed E-state index contributed by atoms with van der Waals surface area (Å²) in [6.45, 7) is 4.15. The van der Waals surface area contributed by atoms with E-state index < -0.39 is 0 Å². The predicted molar refractivity (Wildman–Crippen MR) is 90.3 cm³/mol. The van der Waals surface area contributed by atoms with E-state index in [1.54, 1.807) is 0 Å². The Morgan fingerprint density at radius 1 is 1.36 bits per heavy atom. The van der Waals surface area contributed by atoms with Crippen LogP contribution in [0.1, 0.15) is 23.2 Å². The molecule has 2 aromatic rings. The quantitative estimate of drug-likeness (QED) is 0.617. The summed E-state index contributed by atoms with van der Waals surface area (Å²) < 4.78 is 2.32. The molecule has 0 amide bonds. The second-order valence-electron chi connectivity index (χ2n) is 6.42. The van der Waals surface area contributed by atoms with E-state index in [4.69, 9.17) is 5.41 Å². The third kappa shape index (κ3) is 1.97. The van der Waals surface area contributed by atoms with Crippen molar-refractivity contribution in [3.05, 3.63) is 57.7 Å². The van der Waals surface area contributed by atoms with Crippen molar-refractivity contribution in [2.24, 2.45) is 0 Å². The molecule has 1 aromatic heterocycles. The van der Waals surface area contributed by atoms with Gasteiger partial charge in [0.25, 0.3) is 0 Å². The minimum absolute atomic E-state index is 0.249. The van der Waals surface area contributed by atoms with Crippen molar-refractivity contribution in [3.8, 4) is 0 Å². The monoisotopic (exact) mass is 290 g/mol. The van der Waals surface area contributed by atoms with Crippen LogP contribution in [0.5, 0.6) is 0 Å². The number of H-pyrrole nitrogens is 1. The molecule has 2 heterocycles. The molecule has 2 N–H and O–H groups in total. The summed E-state index contributed by atoms with van der Waals surface area (Å²) in [5.41, 5.74) is 4.38. The molecule has 0 bridgehead atoms. The van der Waals surface area contributed by atoms with Gasteiger partial charge in [-0.25, -0.2) is 4.58 Å². The van der Waals surface area contributed by atoms with Crippen LogP contribution in [0.25, 0.3) is 12.7 Å². The van der Waals surface area contributed by atoms with Gasteiger partial charge in [0, 0.05) is 29.1 Å². The summed E-state index contributed by atoms with van der Waals surface area (Å²) in [6, 6.07) is 9.87. The number of nitrogens with one attached hydrogen (secondary N) is 2. The number of fused-ring (bicyclic) bond motifs is 1. The van der Waals surface area contributed by atoms with E-state index in [9.17, 15) is 0 Å². The summed E-state index contributed by atoms with van der Waals surface area (Å²) in [4.78, 5) is 3.43. The summed E-state index contributed by atoms with van der Waals surface area (Å²) in [5, 5.41) is 10.4. The zero-order chi connectivity index (χ0) is 15.3. The van der Waals surface area contributed by atoms with E-state index in [2.05, 4.69) is 29.4 Å². The smallest absolute Gasteiger partial charge is 0.241 e. The fraction of sp³-hybridized carbons (Fsp3) is 0.263. The van der Waals surface area contributed by atoms with Gasteiger partial charge < -0.3 is 10.4 Å². The Balaban J connectivity index is 1.77. The van der Waals surface area contributed by atoms with Crippen molar-refractivity contribution in [1.82, 2.24) is 4.98 Å². The Morgan fingerprint density at radius 3 is 2.77 bits per heavy atom. The molecular formula is C19H20N3+. The average molecular weight is 290 g/mol. The van der Waals surface area contributed by atoms with Crippen molar-refractivity contribution < 1.29 is 4.58 Å². The lowest BCUT2D eigenvalue weighted by Crippen LogP contribution is -2.33. The van der Waals surface area contributed by atoms with Gasteiger partial charge in [0.1, 0.15) is 7.05 Å². The molecule has 4 rings (SSSR count). The van der Waals surface area contributed by atoms with E-state index in [1.807, 2.05) is 36.4 Å². The number of hydrogen-bond acceptors (Lipinski definition) is 1.